The first-order chi connectivity index (χ1) is 18.1. The van der Waals surface area contributed by atoms with Gasteiger partial charge in [-0.2, -0.15) is 0 Å². The number of carbonyl (C=O) groups excluding carboxylic acids is 2. The topological polar surface area (TPSA) is 71.1 Å². The number of methoxy groups -OCH3 is 2. The molecule has 1 N–H and O–H groups in total. The predicted molar refractivity (Wildman–Crippen MR) is 146 cm³/mol. The van der Waals surface area contributed by atoms with Crippen molar-refractivity contribution in [3.8, 4) is 11.5 Å². The van der Waals surface area contributed by atoms with E-state index in [1.54, 1.807) is 38.5 Å². The van der Waals surface area contributed by atoms with E-state index in [0.717, 1.165) is 35.3 Å². The second-order valence-corrected chi connectivity index (χ2v) is 8.91. The van der Waals surface area contributed by atoms with Crippen molar-refractivity contribution in [2.24, 2.45) is 0 Å². The molecule has 1 fully saturated rings. The molecule has 7 heteroatoms. The summed E-state index contributed by atoms with van der Waals surface area (Å²) >= 11 is 0. The minimum Gasteiger partial charge on any atom is -0.497 e. The Bertz CT molecular complexity index is 1410. The molecule has 1 aliphatic rings. The third kappa shape index (κ3) is 5.21. The Labute approximate surface area is 216 Å². The van der Waals surface area contributed by atoms with Gasteiger partial charge in [-0.05, 0) is 71.4 Å². The van der Waals surface area contributed by atoms with Gasteiger partial charge in [0.05, 0.1) is 19.8 Å². The van der Waals surface area contributed by atoms with Crippen molar-refractivity contribution in [2.75, 3.05) is 50.6 Å². The highest BCUT2D eigenvalue weighted by Gasteiger charge is 2.22. The molecule has 4 aromatic carbocycles. The monoisotopic (exact) mass is 495 g/mol. The largest absolute Gasteiger partial charge is 0.497 e. The maximum Gasteiger partial charge on any atom is 0.259 e. The third-order valence-electron chi connectivity index (χ3n) is 6.71. The zero-order valence-corrected chi connectivity index (χ0v) is 20.9. The fraction of sp³-hybridized carbons (Fsp3) is 0.200. The number of rotatable bonds is 6. The van der Waals surface area contributed by atoms with Crippen LogP contribution in [-0.2, 0) is 0 Å². The Morgan fingerprint density at radius 3 is 2.03 bits per heavy atom. The lowest BCUT2D eigenvalue weighted by atomic mass is 10.1. The standard InChI is InChI=1S/C30H29N3O4/c1-36-26-13-7-21(8-14-26)30(35)33-17-15-32(16-18-33)25-11-9-24(10-12-25)31-29(34)27-19-22-5-3-4-6-23(22)20-28(27)37-2/h3-14,19-20H,15-18H2,1-2H3,(H,31,34). The summed E-state index contributed by atoms with van der Waals surface area (Å²) in [4.78, 5) is 30.0. The molecule has 0 bridgehead atoms. The van der Waals surface area contributed by atoms with E-state index in [1.165, 1.54) is 0 Å². The van der Waals surface area contributed by atoms with Crippen LogP contribution >= 0.6 is 0 Å². The number of hydrogen-bond donors (Lipinski definition) is 1. The van der Waals surface area contributed by atoms with Crippen LogP contribution in [0.3, 0.4) is 0 Å². The summed E-state index contributed by atoms with van der Waals surface area (Å²) in [5.41, 5.74) is 2.91. The molecule has 5 rings (SSSR count). The van der Waals surface area contributed by atoms with Crippen molar-refractivity contribution < 1.29 is 19.1 Å². The van der Waals surface area contributed by atoms with E-state index in [9.17, 15) is 9.59 Å². The molecule has 1 aliphatic heterocycles. The highest BCUT2D eigenvalue weighted by Crippen LogP contribution is 2.27. The molecule has 0 aromatic heterocycles. The number of nitrogens with one attached hydrogen (secondary N) is 1. The van der Waals surface area contributed by atoms with Crippen LogP contribution in [0.15, 0.2) is 84.9 Å². The SMILES string of the molecule is COc1ccc(C(=O)N2CCN(c3ccc(NC(=O)c4cc5ccccc5cc4OC)cc3)CC2)cc1. The number of nitrogens with zero attached hydrogens (tertiary/aromatic N) is 2. The second kappa shape index (κ2) is 10.6. The summed E-state index contributed by atoms with van der Waals surface area (Å²) in [5, 5.41) is 4.98. The van der Waals surface area contributed by atoms with Crippen LogP contribution < -0.4 is 19.7 Å². The lowest BCUT2D eigenvalue weighted by Gasteiger charge is -2.36. The zero-order valence-electron chi connectivity index (χ0n) is 20.9. The van der Waals surface area contributed by atoms with Gasteiger partial charge in [-0.1, -0.05) is 24.3 Å². The summed E-state index contributed by atoms with van der Waals surface area (Å²) < 4.78 is 10.6. The number of ether oxygens (including phenoxy) is 2. The smallest absolute Gasteiger partial charge is 0.259 e. The predicted octanol–water partition coefficient (Wildman–Crippen LogP) is 5.07. The molecule has 0 aliphatic carbocycles. The number of amides is 2. The fourth-order valence-electron chi connectivity index (χ4n) is 4.60. The molecule has 0 atom stereocenters. The van der Waals surface area contributed by atoms with E-state index in [2.05, 4.69) is 10.2 Å². The molecule has 7 nitrogen and oxygen atoms in total. The van der Waals surface area contributed by atoms with Crippen molar-refractivity contribution in [3.63, 3.8) is 0 Å². The number of anilines is 2. The van der Waals surface area contributed by atoms with E-state index in [4.69, 9.17) is 9.47 Å². The maximum absolute atomic E-state index is 13.0. The van der Waals surface area contributed by atoms with Crippen molar-refractivity contribution in [1.29, 1.82) is 0 Å². The molecule has 4 aromatic rings. The van der Waals surface area contributed by atoms with Crippen LogP contribution in [0.25, 0.3) is 10.8 Å². The van der Waals surface area contributed by atoms with Gasteiger partial charge in [0.1, 0.15) is 11.5 Å². The normalized spacial score (nSPS) is 13.4. The summed E-state index contributed by atoms with van der Waals surface area (Å²) in [6.07, 6.45) is 0. The quantitative estimate of drug-likeness (QED) is 0.404. The van der Waals surface area contributed by atoms with Gasteiger partial charge in [0, 0.05) is 43.1 Å². The summed E-state index contributed by atoms with van der Waals surface area (Å²) in [7, 11) is 3.18. The van der Waals surface area contributed by atoms with E-state index < -0.39 is 0 Å². The first-order valence-corrected chi connectivity index (χ1v) is 12.2. The Balaban J connectivity index is 1.20. The molecule has 0 unspecified atom stereocenters. The molecular formula is C30H29N3O4. The van der Waals surface area contributed by atoms with Crippen LogP contribution in [0.4, 0.5) is 11.4 Å². The average Bonchev–Trinajstić information content (AvgIpc) is 2.96. The molecule has 0 saturated carbocycles. The summed E-state index contributed by atoms with van der Waals surface area (Å²) in [6.45, 7) is 2.76. The molecule has 37 heavy (non-hydrogen) atoms. The van der Waals surface area contributed by atoms with Gasteiger partial charge in [0.2, 0.25) is 0 Å². The summed E-state index contributed by atoms with van der Waals surface area (Å²) in [6, 6.07) is 26.6. The van der Waals surface area contributed by atoms with Crippen LogP contribution in [0.1, 0.15) is 20.7 Å². The Morgan fingerprint density at radius 2 is 1.41 bits per heavy atom. The van der Waals surface area contributed by atoms with Gasteiger partial charge >= 0.3 is 0 Å². The van der Waals surface area contributed by atoms with Gasteiger partial charge in [-0.15, -0.1) is 0 Å². The second-order valence-electron chi connectivity index (χ2n) is 8.91. The molecular weight excluding hydrogens is 466 g/mol. The van der Waals surface area contributed by atoms with Crippen molar-refractivity contribution in [1.82, 2.24) is 4.90 Å². The van der Waals surface area contributed by atoms with E-state index in [1.807, 2.05) is 65.6 Å². The van der Waals surface area contributed by atoms with Crippen LogP contribution in [0.5, 0.6) is 11.5 Å². The number of fused-ring (bicyclic) bond motifs is 1. The van der Waals surface area contributed by atoms with Gasteiger partial charge in [0.25, 0.3) is 11.8 Å². The number of hydrogen-bond acceptors (Lipinski definition) is 5. The van der Waals surface area contributed by atoms with Crippen molar-refractivity contribution >= 4 is 34.0 Å². The highest BCUT2D eigenvalue weighted by molar-refractivity contribution is 6.08. The summed E-state index contributed by atoms with van der Waals surface area (Å²) in [5.74, 6) is 1.08. The molecule has 1 saturated heterocycles. The number of carbonyl (C=O) groups is 2. The average molecular weight is 496 g/mol. The highest BCUT2D eigenvalue weighted by atomic mass is 16.5. The van der Waals surface area contributed by atoms with Crippen LogP contribution in [0.2, 0.25) is 0 Å². The fourth-order valence-corrected chi connectivity index (χ4v) is 4.60. The van der Waals surface area contributed by atoms with E-state index >= 15 is 0 Å². The first kappa shape index (κ1) is 24.2. The minimum absolute atomic E-state index is 0.0319. The number of piperazine rings is 1. The molecule has 0 spiro atoms. The lowest BCUT2D eigenvalue weighted by Crippen LogP contribution is -2.48. The Morgan fingerprint density at radius 1 is 0.757 bits per heavy atom. The third-order valence-corrected chi connectivity index (χ3v) is 6.71. The van der Waals surface area contributed by atoms with Gasteiger partial charge in [0.15, 0.2) is 0 Å². The minimum atomic E-state index is -0.221. The van der Waals surface area contributed by atoms with E-state index in [0.29, 0.717) is 35.7 Å². The lowest BCUT2D eigenvalue weighted by molar-refractivity contribution is 0.0746. The van der Waals surface area contributed by atoms with Crippen molar-refractivity contribution in [2.45, 2.75) is 0 Å². The number of benzene rings is 4. The van der Waals surface area contributed by atoms with Gasteiger partial charge in [-0.25, -0.2) is 0 Å². The maximum atomic E-state index is 13.0. The molecule has 2 amide bonds. The van der Waals surface area contributed by atoms with Crippen LogP contribution in [0, 0.1) is 0 Å². The molecule has 188 valence electrons. The Kier molecular flexibility index (Phi) is 6.94. The van der Waals surface area contributed by atoms with Gasteiger partial charge < -0.3 is 24.6 Å². The first-order valence-electron chi connectivity index (χ1n) is 12.2. The Hall–Kier alpha value is -4.52. The van der Waals surface area contributed by atoms with Gasteiger partial charge in [-0.3, -0.25) is 9.59 Å². The van der Waals surface area contributed by atoms with Crippen LogP contribution in [-0.4, -0.2) is 57.1 Å². The van der Waals surface area contributed by atoms with E-state index in [-0.39, 0.29) is 11.8 Å². The molecule has 1 heterocycles. The van der Waals surface area contributed by atoms with Crippen molar-refractivity contribution in [3.05, 3.63) is 96.1 Å². The zero-order chi connectivity index (χ0) is 25.8. The molecule has 0 radical (unpaired) electrons.